The van der Waals surface area contributed by atoms with E-state index in [0.29, 0.717) is 11.8 Å². The van der Waals surface area contributed by atoms with E-state index >= 15 is 0 Å². The molecule has 1 aliphatic rings. The Kier molecular flexibility index (Phi) is 5.79. The zero-order valence-electron chi connectivity index (χ0n) is 15.3. The van der Waals surface area contributed by atoms with Crippen molar-refractivity contribution in [3.8, 4) is 0 Å². The SMILES string of the molecule is Cc1cccc(C(C)C)c1NC(=O)NC(c1cccs1)C1CCCC1. The molecule has 0 saturated heterocycles. The maximum atomic E-state index is 12.8. The molecule has 2 N–H and O–H groups in total. The molecule has 1 fully saturated rings. The smallest absolute Gasteiger partial charge is 0.319 e. The first-order chi connectivity index (χ1) is 12.1. The van der Waals surface area contributed by atoms with Gasteiger partial charge < -0.3 is 10.6 Å². The molecule has 134 valence electrons. The quantitative estimate of drug-likeness (QED) is 0.655. The van der Waals surface area contributed by atoms with E-state index in [1.807, 2.05) is 0 Å². The van der Waals surface area contributed by atoms with E-state index in [0.717, 1.165) is 11.3 Å². The van der Waals surface area contributed by atoms with Crippen molar-refractivity contribution in [1.29, 1.82) is 0 Å². The summed E-state index contributed by atoms with van der Waals surface area (Å²) in [7, 11) is 0. The van der Waals surface area contributed by atoms with Crippen LogP contribution in [0.5, 0.6) is 0 Å². The van der Waals surface area contributed by atoms with E-state index in [4.69, 9.17) is 0 Å². The number of carbonyl (C=O) groups is 1. The highest BCUT2D eigenvalue weighted by atomic mass is 32.1. The molecule has 1 saturated carbocycles. The minimum atomic E-state index is -0.0958. The third-order valence-electron chi connectivity index (χ3n) is 5.17. The molecule has 0 radical (unpaired) electrons. The van der Waals surface area contributed by atoms with E-state index in [-0.39, 0.29) is 12.1 Å². The van der Waals surface area contributed by atoms with Gasteiger partial charge in [0, 0.05) is 10.6 Å². The first-order valence-corrected chi connectivity index (χ1v) is 10.1. The molecule has 0 bridgehead atoms. The highest BCUT2D eigenvalue weighted by Gasteiger charge is 2.28. The number of carbonyl (C=O) groups excluding carboxylic acids is 1. The van der Waals surface area contributed by atoms with Gasteiger partial charge in [-0.2, -0.15) is 0 Å². The summed E-state index contributed by atoms with van der Waals surface area (Å²) in [4.78, 5) is 14.0. The molecular formula is C21H28N2OS. The third kappa shape index (κ3) is 4.24. The lowest BCUT2D eigenvalue weighted by molar-refractivity contribution is 0.243. The topological polar surface area (TPSA) is 41.1 Å². The number of thiophene rings is 1. The molecule has 25 heavy (non-hydrogen) atoms. The number of nitrogens with one attached hydrogen (secondary N) is 2. The third-order valence-corrected chi connectivity index (χ3v) is 6.13. The van der Waals surface area contributed by atoms with Crippen LogP contribution in [0.1, 0.15) is 67.5 Å². The van der Waals surface area contributed by atoms with Gasteiger partial charge >= 0.3 is 6.03 Å². The van der Waals surface area contributed by atoms with Crippen LogP contribution in [0.3, 0.4) is 0 Å². The number of para-hydroxylation sites is 1. The van der Waals surface area contributed by atoms with Crippen LogP contribution in [0.4, 0.5) is 10.5 Å². The van der Waals surface area contributed by atoms with Crippen molar-refractivity contribution < 1.29 is 4.79 Å². The lowest BCUT2D eigenvalue weighted by atomic mass is 9.96. The Balaban J connectivity index is 1.77. The minimum absolute atomic E-state index is 0.0958. The maximum Gasteiger partial charge on any atom is 0.319 e. The molecule has 2 aromatic rings. The predicted molar refractivity (Wildman–Crippen MR) is 106 cm³/mol. The number of rotatable bonds is 5. The molecule has 3 rings (SSSR count). The van der Waals surface area contributed by atoms with Crippen molar-refractivity contribution in [2.75, 3.05) is 5.32 Å². The zero-order chi connectivity index (χ0) is 17.8. The Hall–Kier alpha value is -1.81. The second-order valence-corrected chi connectivity index (χ2v) is 8.31. The number of benzene rings is 1. The first-order valence-electron chi connectivity index (χ1n) is 9.26. The average molecular weight is 357 g/mol. The molecule has 2 amide bonds. The number of hydrogen-bond donors (Lipinski definition) is 2. The summed E-state index contributed by atoms with van der Waals surface area (Å²) in [5.74, 6) is 0.920. The molecule has 0 aliphatic heterocycles. The van der Waals surface area contributed by atoms with Crippen LogP contribution in [0.15, 0.2) is 35.7 Å². The molecule has 4 heteroatoms. The summed E-state index contributed by atoms with van der Waals surface area (Å²) in [6.45, 7) is 6.37. The molecule has 0 spiro atoms. The van der Waals surface area contributed by atoms with Crippen molar-refractivity contribution in [2.24, 2.45) is 5.92 Å². The Labute approximate surface area is 154 Å². The van der Waals surface area contributed by atoms with E-state index < -0.39 is 0 Å². The Morgan fingerprint density at radius 1 is 1.16 bits per heavy atom. The summed E-state index contributed by atoms with van der Waals surface area (Å²) in [5, 5.41) is 8.49. The minimum Gasteiger partial charge on any atom is -0.330 e. The van der Waals surface area contributed by atoms with Crippen molar-refractivity contribution in [2.45, 2.75) is 58.4 Å². The van der Waals surface area contributed by atoms with Gasteiger partial charge in [0.05, 0.1) is 6.04 Å². The van der Waals surface area contributed by atoms with Crippen LogP contribution >= 0.6 is 11.3 Å². The van der Waals surface area contributed by atoms with Gasteiger partial charge in [-0.05, 0) is 54.2 Å². The summed E-state index contributed by atoms with van der Waals surface area (Å²) in [6, 6.07) is 10.4. The number of anilines is 1. The largest absolute Gasteiger partial charge is 0.330 e. The fourth-order valence-corrected chi connectivity index (χ4v) is 4.68. The average Bonchev–Trinajstić information content (AvgIpc) is 3.28. The van der Waals surface area contributed by atoms with Crippen molar-refractivity contribution in [3.05, 3.63) is 51.7 Å². The van der Waals surface area contributed by atoms with Crippen LogP contribution in [-0.4, -0.2) is 6.03 Å². The first kappa shape index (κ1) is 18.0. The number of hydrogen-bond acceptors (Lipinski definition) is 2. The maximum absolute atomic E-state index is 12.8. The fraction of sp³-hybridized carbons (Fsp3) is 0.476. The Bertz CT molecular complexity index is 703. The van der Waals surface area contributed by atoms with Crippen LogP contribution in [0.25, 0.3) is 0 Å². The highest BCUT2D eigenvalue weighted by molar-refractivity contribution is 7.10. The van der Waals surface area contributed by atoms with Gasteiger partial charge in [0.2, 0.25) is 0 Å². The van der Waals surface area contributed by atoms with E-state index in [1.54, 1.807) is 11.3 Å². The number of amides is 2. The van der Waals surface area contributed by atoms with Crippen molar-refractivity contribution in [3.63, 3.8) is 0 Å². The van der Waals surface area contributed by atoms with Gasteiger partial charge in [-0.3, -0.25) is 0 Å². The fourth-order valence-electron chi connectivity index (χ4n) is 3.81. The number of aryl methyl sites for hydroxylation is 1. The monoisotopic (exact) mass is 356 g/mol. The van der Waals surface area contributed by atoms with Crippen LogP contribution in [0, 0.1) is 12.8 Å². The molecular weight excluding hydrogens is 328 g/mol. The van der Waals surface area contributed by atoms with Gasteiger partial charge in [0.1, 0.15) is 0 Å². The van der Waals surface area contributed by atoms with E-state index in [9.17, 15) is 4.79 Å². The predicted octanol–water partition coefficient (Wildman–Crippen LogP) is 6.23. The second-order valence-electron chi connectivity index (χ2n) is 7.33. The summed E-state index contributed by atoms with van der Waals surface area (Å²) in [5.41, 5.74) is 3.24. The van der Waals surface area contributed by atoms with Gasteiger partial charge in [-0.1, -0.05) is 51.0 Å². The Morgan fingerprint density at radius 2 is 1.92 bits per heavy atom. The van der Waals surface area contributed by atoms with Crippen molar-refractivity contribution in [1.82, 2.24) is 5.32 Å². The Morgan fingerprint density at radius 3 is 2.56 bits per heavy atom. The highest BCUT2D eigenvalue weighted by Crippen LogP contribution is 2.37. The molecule has 1 atom stereocenters. The number of urea groups is 1. The lowest BCUT2D eigenvalue weighted by Crippen LogP contribution is -2.36. The molecule has 1 heterocycles. The molecule has 1 unspecified atom stereocenters. The second kappa shape index (κ2) is 8.05. The lowest BCUT2D eigenvalue weighted by Gasteiger charge is -2.25. The van der Waals surface area contributed by atoms with Crippen LogP contribution < -0.4 is 10.6 Å². The van der Waals surface area contributed by atoms with Gasteiger partial charge in [0.15, 0.2) is 0 Å². The zero-order valence-corrected chi connectivity index (χ0v) is 16.2. The molecule has 3 nitrogen and oxygen atoms in total. The normalized spacial score (nSPS) is 16.2. The standard InChI is InChI=1S/C21H28N2OS/c1-14(2)17-11-6-8-15(3)19(17)22-21(24)23-20(16-9-4-5-10-16)18-12-7-13-25-18/h6-8,11-14,16,20H,4-5,9-10H2,1-3H3,(H2,22,23,24). The van der Waals surface area contributed by atoms with Gasteiger partial charge in [-0.15, -0.1) is 11.3 Å². The van der Waals surface area contributed by atoms with Crippen LogP contribution in [0.2, 0.25) is 0 Å². The van der Waals surface area contributed by atoms with Crippen LogP contribution in [-0.2, 0) is 0 Å². The van der Waals surface area contributed by atoms with Gasteiger partial charge in [0.25, 0.3) is 0 Å². The van der Waals surface area contributed by atoms with E-state index in [2.05, 4.69) is 67.1 Å². The molecule has 1 aliphatic carbocycles. The molecule has 1 aromatic carbocycles. The summed E-state index contributed by atoms with van der Waals surface area (Å²) >= 11 is 1.73. The van der Waals surface area contributed by atoms with Crippen molar-refractivity contribution >= 4 is 23.1 Å². The summed E-state index contributed by atoms with van der Waals surface area (Å²) < 4.78 is 0. The molecule has 1 aromatic heterocycles. The van der Waals surface area contributed by atoms with E-state index in [1.165, 1.54) is 36.1 Å². The van der Waals surface area contributed by atoms with Gasteiger partial charge in [-0.25, -0.2) is 4.79 Å². The summed E-state index contributed by atoms with van der Waals surface area (Å²) in [6.07, 6.45) is 4.94.